The van der Waals surface area contributed by atoms with Gasteiger partial charge in [-0.1, -0.05) is 42.4 Å². The molecule has 1 N–H and O–H groups in total. The maximum atomic E-state index is 12.4. The molecule has 0 spiro atoms. The molecular formula is C23H32ClN5O2S. The van der Waals surface area contributed by atoms with Gasteiger partial charge in [0.05, 0.1) is 18.4 Å². The first-order valence-electron chi connectivity index (χ1n) is 11.5. The van der Waals surface area contributed by atoms with Crippen molar-refractivity contribution in [1.82, 2.24) is 20.1 Å². The van der Waals surface area contributed by atoms with Gasteiger partial charge in [0.15, 0.2) is 5.16 Å². The molecule has 1 aromatic carbocycles. The highest BCUT2D eigenvalue weighted by Crippen LogP contribution is 2.28. The molecule has 174 valence electrons. The number of carbonyl (C=O) groups excluding carboxylic acids is 1. The highest BCUT2D eigenvalue weighted by Gasteiger charge is 2.26. The van der Waals surface area contributed by atoms with Crippen LogP contribution in [0.5, 0.6) is 0 Å². The summed E-state index contributed by atoms with van der Waals surface area (Å²) in [4.78, 5) is 14.8. The maximum absolute atomic E-state index is 12.4. The molecule has 2 aliphatic rings. The molecule has 2 saturated heterocycles. The lowest BCUT2D eigenvalue weighted by Crippen LogP contribution is -2.35. The first-order valence-corrected chi connectivity index (χ1v) is 12.9. The van der Waals surface area contributed by atoms with Crippen LogP contribution in [-0.2, 0) is 22.5 Å². The Labute approximate surface area is 199 Å². The zero-order valence-electron chi connectivity index (χ0n) is 18.6. The Morgan fingerprint density at radius 1 is 1.28 bits per heavy atom. The average molecular weight is 478 g/mol. The number of benzene rings is 1. The van der Waals surface area contributed by atoms with Gasteiger partial charge in [-0.2, -0.15) is 0 Å². The van der Waals surface area contributed by atoms with E-state index in [0.29, 0.717) is 17.3 Å². The Morgan fingerprint density at radius 3 is 2.88 bits per heavy atom. The highest BCUT2D eigenvalue weighted by atomic mass is 35.5. The Bertz CT molecular complexity index is 894. The van der Waals surface area contributed by atoms with E-state index in [2.05, 4.69) is 31.9 Å². The van der Waals surface area contributed by atoms with Crippen LogP contribution in [-0.4, -0.2) is 58.8 Å². The molecule has 1 atom stereocenters. The summed E-state index contributed by atoms with van der Waals surface area (Å²) in [6.45, 7) is 6.45. The second kappa shape index (κ2) is 11.4. The van der Waals surface area contributed by atoms with Gasteiger partial charge in [-0.25, -0.2) is 0 Å². The fraction of sp³-hybridized carbons (Fsp3) is 0.609. The maximum Gasteiger partial charge on any atom is 0.230 e. The van der Waals surface area contributed by atoms with Gasteiger partial charge in [-0.3, -0.25) is 9.36 Å². The summed E-state index contributed by atoms with van der Waals surface area (Å²) in [5.74, 6) is 1.98. The summed E-state index contributed by atoms with van der Waals surface area (Å²) in [7, 11) is 0. The van der Waals surface area contributed by atoms with Gasteiger partial charge in [0, 0.05) is 31.3 Å². The van der Waals surface area contributed by atoms with Crippen LogP contribution in [0.25, 0.3) is 0 Å². The molecule has 2 fully saturated rings. The Balaban J connectivity index is 1.33. The van der Waals surface area contributed by atoms with Crippen molar-refractivity contribution in [2.24, 2.45) is 5.92 Å². The minimum absolute atomic E-state index is 0.00274. The molecule has 1 amide bonds. The number of carbonyl (C=O) groups is 1. The summed E-state index contributed by atoms with van der Waals surface area (Å²) < 4.78 is 8.04. The third kappa shape index (κ3) is 6.39. The second-order valence-electron chi connectivity index (χ2n) is 8.72. The molecule has 0 radical (unpaired) electrons. The fourth-order valence-electron chi connectivity index (χ4n) is 4.20. The lowest BCUT2D eigenvalue weighted by molar-refractivity contribution is -0.118. The topological polar surface area (TPSA) is 72.3 Å². The summed E-state index contributed by atoms with van der Waals surface area (Å²) in [6, 6.07) is 7.73. The largest absolute Gasteiger partial charge is 0.376 e. The molecule has 9 heteroatoms. The predicted octanol–water partition coefficient (Wildman–Crippen LogP) is 3.80. The summed E-state index contributed by atoms with van der Waals surface area (Å²) in [5.41, 5.74) is 1.11. The van der Waals surface area contributed by atoms with Crippen molar-refractivity contribution in [3.05, 3.63) is 34.9 Å². The quantitative estimate of drug-likeness (QED) is 0.554. The van der Waals surface area contributed by atoms with Crippen molar-refractivity contribution in [2.45, 2.75) is 56.8 Å². The van der Waals surface area contributed by atoms with Crippen LogP contribution in [0.3, 0.4) is 0 Å². The smallest absolute Gasteiger partial charge is 0.230 e. The number of ether oxygens (including phenoxy) is 1. The first-order chi connectivity index (χ1) is 15.6. The number of hydrogen-bond donors (Lipinski definition) is 1. The van der Waals surface area contributed by atoms with Gasteiger partial charge < -0.3 is 15.0 Å². The number of amides is 1. The van der Waals surface area contributed by atoms with Gasteiger partial charge in [-0.05, 0) is 55.7 Å². The molecule has 7 nitrogen and oxygen atoms in total. The van der Waals surface area contributed by atoms with E-state index in [1.165, 1.54) is 24.6 Å². The van der Waals surface area contributed by atoms with Gasteiger partial charge in [0.25, 0.3) is 0 Å². The van der Waals surface area contributed by atoms with Crippen LogP contribution in [0, 0.1) is 5.92 Å². The summed E-state index contributed by atoms with van der Waals surface area (Å²) in [6.07, 6.45) is 5.45. The van der Waals surface area contributed by atoms with Crippen molar-refractivity contribution in [1.29, 1.82) is 0 Å². The minimum atomic E-state index is -0.00274. The molecule has 0 aliphatic carbocycles. The zero-order valence-corrected chi connectivity index (χ0v) is 20.2. The lowest BCUT2D eigenvalue weighted by Gasteiger charge is -2.31. The normalized spacial score (nSPS) is 19.4. The molecular weight excluding hydrogens is 446 g/mol. The number of anilines is 1. The van der Waals surface area contributed by atoms with E-state index < -0.39 is 0 Å². The SMILES string of the molecule is CC1CCN(c2nnc(SCC(=O)NCCc3cccc(Cl)c3)n2CC2CCCO2)CC1. The Morgan fingerprint density at radius 2 is 2.12 bits per heavy atom. The number of hydrogen-bond acceptors (Lipinski definition) is 6. The molecule has 32 heavy (non-hydrogen) atoms. The van der Waals surface area contributed by atoms with E-state index in [0.717, 1.165) is 68.1 Å². The Kier molecular flexibility index (Phi) is 8.32. The number of halogens is 1. The molecule has 0 saturated carbocycles. The van der Waals surface area contributed by atoms with E-state index in [1.807, 2.05) is 24.3 Å². The summed E-state index contributed by atoms with van der Waals surface area (Å²) in [5, 5.41) is 13.5. The molecule has 1 aromatic heterocycles. The van der Waals surface area contributed by atoms with Crippen molar-refractivity contribution in [3.8, 4) is 0 Å². The fourth-order valence-corrected chi connectivity index (χ4v) is 5.19. The molecule has 1 unspecified atom stereocenters. The average Bonchev–Trinajstić information content (AvgIpc) is 3.44. The highest BCUT2D eigenvalue weighted by molar-refractivity contribution is 7.99. The van der Waals surface area contributed by atoms with Gasteiger partial charge in [0.1, 0.15) is 0 Å². The van der Waals surface area contributed by atoms with Crippen molar-refractivity contribution >= 4 is 35.2 Å². The van der Waals surface area contributed by atoms with Crippen LogP contribution in [0.2, 0.25) is 5.02 Å². The van der Waals surface area contributed by atoms with Gasteiger partial charge in [-0.15, -0.1) is 10.2 Å². The van der Waals surface area contributed by atoms with Crippen molar-refractivity contribution in [2.75, 3.05) is 36.9 Å². The van der Waals surface area contributed by atoms with Crippen LogP contribution in [0.15, 0.2) is 29.4 Å². The van der Waals surface area contributed by atoms with E-state index in [1.54, 1.807) is 0 Å². The van der Waals surface area contributed by atoms with Crippen LogP contribution < -0.4 is 10.2 Å². The number of rotatable bonds is 9. The molecule has 0 bridgehead atoms. The standard InChI is InChI=1S/C23H32ClN5O2S/c1-17-8-11-28(12-9-17)22-26-27-23(29(22)15-20-6-3-13-31-20)32-16-21(30)25-10-7-18-4-2-5-19(24)14-18/h2,4-5,14,17,20H,3,6-13,15-16H2,1H3,(H,25,30). The van der Waals surface area contributed by atoms with E-state index in [4.69, 9.17) is 16.3 Å². The first kappa shape index (κ1) is 23.4. The molecule has 4 rings (SSSR count). The number of aromatic nitrogens is 3. The molecule has 2 aromatic rings. The van der Waals surface area contributed by atoms with E-state index in [9.17, 15) is 4.79 Å². The van der Waals surface area contributed by atoms with Crippen LogP contribution in [0.4, 0.5) is 5.95 Å². The number of nitrogens with zero attached hydrogens (tertiary/aromatic N) is 4. The lowest BCUT2D eigenvalue weighted by atomic mass is 10.00. The van der Waals surface area contributed by atoms with Crippen molar-refractivity contribution in [3.63, 3.8) is 0 Å². The van der Waals surface area contributed by atoms with Crippen LogP contribution in [0.1, 0.15) is 38.2 Å². The monoisotopic (exact) mass is 477 g/mol. The van der Waals surface area contributed by atoms with Crippen molar-refractivity contribution < 1.29 is 9.53 Å². The zero-order chi connectivity index (χ0) is 22.3. The Hall–Kier alpha value is -1.77. The number of piperidine rings is 1. The molecule has 3 heterocycles. The van der Waals surface area contributed by atoms with E-state index >= 15 is 0 Å². The van der Waals surface area contributed by atoms with Gasteiger partial charge >= 0.3 is 0 Å². The molecule has 2 aliphatic heterocycles. The number of nitrogens with one attached hydrogen (secondary N) is 1. The predicted molar refractivity (Wildman–Crippen MR) is 128 cm³/mol. The van der Waals surface area contributed by atoms with Gasteiger partial charge in [0.2, 0.25) is 11.9 Å². The third-order valence-corrected chi connectivity index (χ3v) is 7.33. The third-order valence-electron chi connectivity index (χ3n) is 6.13. The number of thioether (sulfide) groups is 1. The summed E-state index contributed by atoms with van der Waals surface area (Å²) >= 11 is 7.47. The van der Waals surface area contributed by atoms with Crippen LogP contribution >= 0.6 is 23.4 Å². The van der Waals surface area contributed by atoms with E-state index in [-0.39, 0.29) is 12.0 Å². The second-order valence-corrected chi connectivity index (χ2v) is 10.1. The minimum Gasteiger partial charge on any atom is -0.376 e.